The first-order valence-electron chi connectivity index (χ1n) is 8.40. The van der Waals surface area contributed by atoms with Gasteiger partial charge in [0, 0.05) is 11.6 Å². The van der Waals surface area contributed by atoms with E-state index in [1.165, 1.54) is 25.3 Å². The Labute approximate surface area is 156 Å². The van der Waals surface area contributed by atoms with Gasteiger partial charge < -0.3 is 15.0 Å². The molecule has 0 bridgehead atoms. The lowest BCUT2D eigenvalue weighted by Crippen LogP contribution is -3.08. The van der Waals surface area contributed by atoms with Crippen LogP contribution in [0, 0.1) is 29.8 Å². The van der Waals surface area contributed by atoms with Crippen molar-refractivity contribution in [3.8, 4) is 5.75 Å². The Balaban J connectivity index is 2.04. The zero-order valence-corrected chi connectivity index (χ0v) is 15.8. The first kappa shape index (κ1) is 20.3. The van der Waals surface area contributed by atoms with Gasteiger partial charge in [-0.3, -0.25) is 14.9 Å². The van der Waals surface area contributed by atoms with Gasteiger partial charge >= 0.3 is 0 Å². The molecule has 0 aromatic heterocycles. The van der Waals surface area contributed by atoms with Crippen molar-refractivity contribution in [3.63, 3.8) is 0 Å². The van der Waals surface area contributed by atoms with E-state index in [4.69, 9.17) is 4.74 Å². The summed E-state index contributed by atoms with van der Waals surface area (Å²) >= 11 is 0. The summed E-state index contributed by atoms with van der Waals surface area (Å²) in [5, 5.41) is 13.8. The molecule has 0 aliphatic carbocycles. The number of rotatable bonds is 7. The molecule has 0 saturated carbocycles. The molecule has 8 heteroatoms. The maximum absolute atomic E-state index is 13.8. The highest BCUT2D eigenvalue weighted by molar-refractivity contribution is 5.94. The molecule has 0 aliphatic rings. The fraction of sp³-hybridized carbons (Fsp3) is 0.316. The van der Waals surface area contributed by atoms with E-state index in [0.29, 0.717) is 6.54 Å². The Hall–Kier alpha value is -3.00. The maximum Gasteiger partial charge on any atom is 0.293 e. The molecule has 2 rings (SSSR count). The van der Waals surface area contributed by atoms with E-state index in [1.54, 1.807) is 26.1 Å². The van der Waals surface area contributed by atoms with Crippen LogP contribution in [0.5, 0.6) is 5.75 Å². The summed E-state index contributed by atoms with van der Waals surface area (Å²) in [6, 6.07) is 7.68. The van der Waals surface area contributed by atoms with Gasteiger partial charge in [0.25, 0.3) is 11.6 Å². The van der Waals surface area contributed by atoms with Crippen LogP contribution in [0.2, 0.25) is 0 Å². The Kier molecular flexibility index (Phi) is 6.46. The van der Waals surface area contributed by atoms with Crippen molar-refractivity contribution in [1.82, 2.24) is 0 Å². The molecule has 27 heavy (non-hydrogen) atoms. The summed E-state index contributed by atoms with van der Waals surface area (Å²) in [4.78, 5) is 23.8. The predicted octanol–water partition coefficient (Wildman–Crippen LogP) is 2.01. The molecule has 0 aliphatic heterocycles. The van der Waals surface area contributed by atoms with Gasteiger partial charge in [-0.15, -0.1) is 0 Å². The second-order valence-corrected chi connectivity index (χ2v) is 6.54. The number of hydrogen-bond donors (Lipinski definition) is 2. The quantitative estimate of drug-likeness (QED) is 0.572. The molecule has 144 valence electrons. The molecular formula is C19H23FN3O4+. The van der Waals surface area contributed by atoms with Gasteiger partial charge in [-0.25, -0.2) is 4.39 Å². The number of nitrogens with one attached hydrogen (secondary N) is 2. The summed E-state index contributed by atoms with van der Waals surface area (Å²) in [6.07, 6.45) is 0. The van der Waals surface area contributed by atoms with E-state index >= 15 is 0 Å². The highest BCUT2D eigenvalue weighted by Gasteiger charge is 2.19. The van der Waals surface area contributed by atoms with Crippen molar-refractivity contribution in [1.29, 1.82) is 0 Å². The molecule has 7 nitrogen and oxygen atoms in total. The monoisotopic (exact) mass is 376 g/mol. The van der Waals surface area contributed by atoms with Gasteiger partial charge in [-0.1, -0.05) is 0 Å². The van der Waals surface area contributed by atoms with Crippen molar-refractivity contribution >= 4 is 17.3 Å². The number of anilines is 1. The van der Waals surface area contributed by atoms with E-state index in [1.807, 2.05) is 6.92 Å². The molecule has 2 N–H and O–H groups in total. The average Bonchev–Trinajstić information content (AvgIpc) is 2.57. The molecule has 1 amide bonds. The van der Waals surface area contributed by atoms with Gasteiger partial charge in [0.2, 0.25) is 0 Å². The summed E-state index contributed by atoms with van der Waals surface area (Å²) in [5.74, 6) is -0.651. The summed E-state index contributed by atoms with van der Waals surface area (Å²) in [5.41, 5.74) is 2.39. The molecule has 0 saturated heterocycles. The summed E-state index contributed by atoms with van der Waals surface area (Å²) < 4.78 is 18.6. The number of halogens is 1. The number of hydrogen-bond acceptors (Lipinski definition) is 4. The van der Waals surface area contributed by atoms with Crippen LogP contribution in [-0.4, -0.2) is 31.5 Å². The lowest BCUT2D eigenvalue weighted by Gasteiger charge is -2.15. The largest absolute Gasteiger partial charge is 0.494 e. The zero-order valence-electron chi connectivity index (χ0n) is 15.8. The minimum Gasteiger partial charge on any atom is -0.494 e. The number of amides is 1. The third-order valence-electron chi connectivity index (χ3n) is 4.27. The number of carbonyl (C=O) groups excluding carboxylic acids is 1. The van der Waals surface area contributed by atoms with Crippen molar-refractivity contribution in [3.05, 3.63) is 63.0 Å². The van der Waals surface area contributed by atoms with E-state index in [9.17, 15) is 19.3 Å². The first-order chi connectivity index (χ1) is 12.7. The minimum absolute atomic E-state index is 0.0811. The number of aryl methyl sites for hydroxylation is 2. The highest BCUT2D eigenvalue weighted by Crippen LogP contribution is 2.27. The van der Waals surface area contributed by atoms with E-state index in [-0.39, 0.29) is 29.6 Å². The van der Waals surface area contributed by atoms with Crippen molar-refractivity contribution in [2.24, 2.45) is 0 Å². The summed E-state index contributed by atoms with van der Waals surface area (Å²) in [7, 11) is 3.18. The van der Waals surface area contributed by atoms with E-state index in [2.05, 4.69) is 5.32 Å². The number of methoxy groups -OCH3 is 1. The first-order valence-corrected chi connectivity index (χ1v) is 8.40. The van der Waals surface area contributed by atoms with Crippen molar-refractivity contribution in [2.75, 3.05) is 26.0 Å². The number of nitrogens with zero attached hydrogens (tertiary/aromatic N) is 1. The molecule has 0 fully saturated rings. The van der Waals surface area contributed by atoms with Crippen LogP contribution in [0.4, 0.5) is 15.8 Å². The highest BCUT2D eigenvalue weighted by atomic mass is 19.1. The lowest BCUT2D eigenvalue weighted by molar-refractivity contribution is -0.885. The molecule has 1 unspecified atom stereocenters. The van der Waals surface area contributed by atoms with Gasteiger partial charge in [0.15, 0.2) is 18.1 Å². The normalized spacial score (nSPS) is 11.7. The van der Waals surface area contributed by atoms with Gasteiger partial charge in [-0.05, 0) is 49.2 Å². The number of benzene rings is 2. The number of quaternary nitrogens is 1. The Morgan fingerprint density at radius 3 is 2.52 bits per heavy atom. The number of ether oxygens (including phenoxy) is 1. The van der Waals surface area contributed by atoms with Gasteiger partial charge in [0.1, 0.15) is 12.2 Å². The van der Waals surface area contributed by atoms with Gasteiger partial charge in [-0.2, -0.15) is 0 Å². The maximum atomic E-state index is 13.8. The Morgan fingerprint density at radius 1 is 1.26 bits per heavy atom. The molecule has 2 aromatic carbocycles. The second-order valence-electron chi connectivity index (χ2n) is 6.54. The van der Waals surface area contributed by atoms with Crippen LogP contribution in [0.15, 0.2) is 30.3 Å². The second kappa shape index (κ2) is 8.59. The third-order valence-corrected chi connectivity index (χ3v) is 4.27. The zero-order chi connectivity index (χ0) is 20.1. The van der Waals surface area contributed by atoms with E-state index < -0.39 is 10.7 Å². The molecule has 0 spiro atoms. The minimum atomic E-state index is -0.515. The molecule has 2 aromatic rings. The molecule has 1 atom stereocenters. The van der Waals surface area contributed by atoms with Crippen molar-refractivity contribution in [2.45, 2.75) is 20.4 Å². The van der Waals surface area contributed by atoms with Crippen LogP contribution in [0.3, 0.4) is 0 Å². The van der Waals surface area contributed by atoms with Crippen LogP contribution in [-0.2, 0) is 11.3 Å². The smallest absolute Gasteiger partial charge is 0.293 e. The Morgan fingerprint density at radius 2 is 1.93 bits per heavy atom. The fourth-order valence-electron chi connectivity index (χ4n) is 2.75. The van der Waals surface area contributed by atoms with Crippen LogP contribution >= 0.6 is 0 Å². The van der Waals surface area contributed by atoms with Crippen LogP contribution < -0.4 is 15.0 Å². The van der Waals surface area contributed by atoms with Gasteiger partial charge in [0.05, 0.1) is 19.1 Å². The third kappa shape index (κ3) is 5.24. The number of carbonyl (C=O) groups is 1. The number of nitro groups is 1. The average molecular weight is 376 g/mol. The number of nitro benzene ring substituents is 1. The number of likely N-dealkylation sites (N-methyl/N-ethyl adjacent to an activating group) is 1. The fourth-order valence-corrected chi connectivity index (χ4v) is 2.75. The van der Waals surface area contributed by atoms with Crippen molar-refractivity contribution < 1.29 is 23.7 Å². The molecule has 0 heterocycles. The van der Waals surface area contributed by atoms with E-state index in [0.717, 1.165) is 21.6 Å². The topological polar surface area (TPSA) is 85.9 Å². The van der Waals surface area contributed by atoms with Crippen LogP contribution in [0.1, 0.15) is 16.7 Å². The molecular weight excluding hydrogens is 353 g/mol. The lowest BCUT2D eigenvalue weighted by atomic mass is 10.1. The summed E-state index contributed by atoms with van der Waals surface area (Å²) in [6.45, 7) is 4.10. The Bertz CT molecular complexity index is 870. The standard InChI is InChI=1S/C19H22FN3O4/c1-12-7-16(17(23(25)26)8-13(12)2)21-19(24)11-22(3)10-14-5-6-18(27-4)15(20)9-14/h5-9H,10-11H2,1-4H3,(H,21,24)/p+1. The molecule has 0 radical (unpaired) electrons. The predicted molar refractivity (Wildman–Crippen MR) is 99.6 cm³/mol. The van der Waals surface area contributed by atoms with Crippen LogP contribution in [0.25, 0.3) is 0 Å². The SMILES string of the molecule is COc1ccc(C[NH+](C)CC(=O)Nc2cc(C)c(C)cc2[N+](=O)[O-])cc1F.